The van der Waals surface area contributed by atoms with E-state index in [4.69, 9.17) is 4.98 Å². The van der Waals surface area contributed by atoms with Crippen LogP contribution in [0.3, 0.4) is 0 Å². The summed E-state index contributed by atoms with van der Waals surface area (Å²) in [6.45, 7) is 6.38. The van der Waals surface area contributed by atoms with E-state index < -0.39 is 0 Å². The number of fused-ring (bicyclic) bond motifs is 1. The van der Waals surface area contributed by atoms with Gasteiger partial charge < -0.3 is 15.1 Å². The summed E-state index contributed by atoms with van der Waals surface area (Å²) in [6, 6.07) is 0. The fourth-order valence-corrected chi connectivity index (χ4v) is 3.64. The Balaban J connectivity index is 1.89. The molecule has 0 aromatic carbocycles. The third-order valence-electron chi connectivity index (χ3n) is 4.81. The van der Waals surface area contributed by atoms with Gasteiger partial charge in [0.25, 0.3) is 5.91 Å². The summed E-state index contributed by atoms with van der Waals surface area (Å²) in [5.41, 5.74) is 1.44. The van der Waals surface area contributed by atoms with Gasteiger partial charge in [-0.25, -0.2) is 9.97 Å². The predicted molar refractivity (Wildman–Crippen MR) is 95.6 cm³/mol. The molecule has 1 N–H and O–H groups in total. The van der Waals surface area contributed by atoms with E-state index >= 15 is 0 Å². The molecule has 1 atom stereocenters. The van der Waals surface area contributed by atoms with Crippen molar-refractivity contribution in [3.05, 3.63) is 17.1 Å². The quantitative estimate of drug-likeness (QED) is 0.857. The Bertz CT molecular complexity index is 688. The third kappa shape index (κ3) is 3.75. The number of nitrogens with one attached hydrogen (secondary N) is 1. The maximum absolute atomic E-state index is 12.3. The van der Waals surface area contributed by atoms with Gasteiger partial charge in [-0.15, -0.1) is 0 Å². The molecule has 0 saturated carbocycles. The number of carbonyl (C=O) groups is 2. The molecule has 2 aliphatic rings. The molecule has 0 radical (unpaired) electrons. The van der Waals surface area contributed by atoms with Gasteiger partial charge >= 0.3 is 0 Å². The zero-order chi connectivity index (χ0) is 18.1. The van der Waals surface area contributed by atoms with Crippen molar-refractivity contribution in [2.24, 2.45) is 11.8 Å². The van der Waals surface area contributed by atoms with Crippen LogP contribution in [0.25, 0.3) is 0 Å². The molecule has 136 valence electrons. The smallest absolute Gasteiger partial charge is 0.270 e. The van der Waals surface area contributed by atoms with E-state index in [-0.39, 0.29) is 11.8 Å². The lowest BCUT2D eigenvalue weighted by atomic mass is 10.0. The number of hydrogen-bond donors (Lipinski definition) is 1. The molecule has 1 aromatic heterocycles. The van der Waals surface area contributed by atoms with Crippen LogP contribution in [0.4, 0.5) is 5.82 Å². The molecule has 7 heteroatoms. The fourth-order valence-electron chi connectivity index (χ4n) is 3.64. The number of carbonyl (C=O) groups excluding carboxylic acids is 2. The Morgan fingerprint density at radius 3 is 2.72 bits per heavy atom. The first-order valence-corrected chi connectivity index (χ1v) is 8.98. The van der Waals surface area contributed by atoms with Crippen molar-refractivity contribution < 1.29 is 9.59 Å². The Hall–Kier alpha value is -2.18. The zero-order valence-corrected chi connectivity index (χ0v) is 15.5. The number of aromatic nitrogens is 2. The highest BCUT2D eigenvalue weighted by molar-refractivity contribution is 5.96. The fraction of sp³-hybridized carbons (Fsp3) is 0.667. The van der Waals surface area contributed by atoms with E-state index in [2.05, 4.69) is 29.0 Å². The van der Waals surface area contributed by atoms with Crippen molar-refractivity contribution >= 4 is 17.6 Å². The average Bonchev–Trinajstić information content (AvgIpc) is 2.84. The van der Waals surface area contributed by atoms with Gasteiger partial charge in [0.05, 0.1) is 0 Å². The SMILES string of the molecule is CC(C)Cc1nc2c(c(N(C)CC3CC(=O)N(C)C3)n1)CCNC2=O. The molecule has 0 bridgehead atoms. The van der Waals surface area contributed by atoms with Crippen LogP contribution in [-0.4, -0.2) is 60.4 Å². The van der Waals surface area contributed by atoms with E-state index in [1.165, 1.54) is 0 Å². The number of nitrogens with zero attached hydrogens (tertiary/aromatic N) is 4. The van der Waals surface area contributed by atoms with E-state index in [0.29, 0.717) is 36.3 Å². The lowest BCUT2D eigenvalue weighted by Gasteiger charge is -2.27. The van der Waals surface area contributed by atoms with Crippen molar-refractivity contribution in [3.63, 3.8) is 0 Å². The zero-order valence-electron chi connectivity index (χ0n) is 15.5. The first kappa shape index (κ1) is 17.6. The number of rotatable bonds is 5. The normalized spacial score (nSPS) is 20.0. The van der Waals surface area contributed by atoms with E-state index in [0.717, 1.165) is 37.3 Å². The molecule has 0 spiro atoms. The van der Waals surface area contributed by atoms with E-state index in [9.17, 15) is 9.59 Å². The Kier molecular flexibility index (Phi) is 4.92. The highest BCUT2D eigenvalue weighted by Gasteiger charge is 2.30. The van der Waals surface area contributed by atoms with Crippen LogP contribution < -0.4 is 10.2 Å². The maximum atomic E-state index is 12.3. The molecule has 1 unspecified atom stereocenters. The molecule has 3 heterocycles. The number of anilines is 1. The lowest BCUT2D eigenvalue weighted by Crippen LogP contribution is -2.36. The maximum Gasteiger partial charge on any atom is 0.270 e. The van der Waals surface area contributed by atoms with Crippen LogP contribution >= 0.6 is 0 Å². The standard InChI is InChI=1S/C18H27N5O2/c1-11(2)7-14-20-16-13(5-6-19-18(16)25)17(21-14)23(4)10-12-8-15(24)22(3)9-12/h11-12H,5-10H2,1-4H3,(H,19,25). The molecule has 0 aliphatic carbocycles. The summed E-state index contributed by atoms with van der Waals surface area (Å²) in [4.78, 5) is 37.2. The second-order valence-corrected chi connectivity index (χ2v) is 7.62. The average molecular weight is 345 g/mol. The minimum atomic E-state index is -0.112. The number of amides is 2. The van der Waals surface area contributed by atoms with Gasteiger partial charge in [-0.05, 0) is 12.3 Å². The largest absolute Gasteiger partial charge is 0.359 e. The summed E-state index contributed by atoms with van der Waals surface area (Å²) in [7, 11) is 3.84. The minimum absolute atomic E-state index is 0.112. The van der Waals surface area contributed by atoms with Crippen molar-refractivity contribution in [3.8, 4) is 0 Å². The summed E-state index contributed by atoms with van der Waals surface area (Å²) in [6.07, 6.45) is 2.06. The summed E-state index contributed by atoms with van der Waals surface area (Å²) >= 11 is 0. The topological polar surface area (TPSA) is 78.4 Å². The minimum Gasteiger partial charge on any atom is -0.359 e. The van der Waals surface area contributed by atoms with E-state index in [1.807, 2.05) is 14.1 Å². The summed E-state index contributed by atoms with van der Waals surface area (Å²) in [5.74, 6) is 2.36. The van der Waals surface area contributed by atoms with Gasteiger partial charge in [0.1, 0.15) is 17.3 Å². The highest BCUT2D eigenvalue weighted by Crippen LogP contribution is 2.26. The van der Waals surface area contributed by atoms with Gasteiger partial charge in [0, 0.05) is 58.1 Å². The first-order valence-electron chi connectivity index (χ1n) is 8.98. The second-order valence-electron chi connectivity index (χ2n) is 7.62. The number of hydrogen-bond acceptors (Lipinski definition) is 5. The van der Waals surface area contributed by atoms with Gasteiger partial charge in [-0.3, -0.25) is 9.59 Å². The lowest BCUT2D eigenvalue weighted by molar-refractivity contribution is -0.126. The van der Waals surface area contributed by atoms with Crippen LogP contribution in [0, 0.1) is 11.8 Å². The Morgan fingerprint density at radius 1 is 1.32 bits per heavy atom. The Morgan fingerprint density at radius 2 is 2.08 bits per heavy atom. The summed E-state index contributed by atoms with van der Waals surface area (Å²) in [5, 5.41) is 2.87. The van der Waals surface area contributed by atoms with E-state index in [1.54, 1.807) is 4.90 Å². The second kappa shape index (κ2) is 6.98. The summed E-state index contributed by atoms with van der Waals surface area (Å²) < 4.78 is 0. The van der Waals surface area contributed by atoms with Crippen LogP contribution in [0.1, 0.15) is 42.1 Å². The molecule has 1 fully saturated rings. The molecular formula is C18H27N5O2. The van der Waals surface area contributed by atoms with Crippen LogP contribution in [-0.2, 0) is 17.6 Å². The molecule has 2 aliphatic heterocycles. The molecule has 25 heavy (non-hydrogen) atoms. The van der Waals surface area contributed by atoms with Gasteiger partial charge in [-0.1, -0.05) is 13.8 Å². The molecule has 1 saturated heterocycles. The molecular weight excluding hydrogens is 318 g/mol. The van der Waals surface area contributed by atoms with Gasteiger partial charge in [-0.2, -0.15) is 0 Å². The molecule has 7 nitrogen and oxygen atoms in total. The molecule has 2 amide bonds. The molecule has 3 rings (SSSR count). The van der Waals surface area contributed by atoms with Crippen LogP contribution in [0.15, 0.2) is 0 Å². The third-order valence-corrected chi connectivity index (χ3v) is 4.81. The van der Waals surface area contributed by atoms with Crippen molar-refractivity contribution in [2.75, 3.05) is 38.6 Å². The molecule has 1 aromatic rings. The van der Waals surface area contributed by atoms with Crippen LogP contribution in [0.2, 0.25) is 0 Å². The monoisotopic (exact) mass is 345 g/mol. The first-order chi connectivity index (χ1) is 11.8. The van der Waals surface area contributed by atoms with Crippen LogP contribution in [0.5, 0.6) is 0 Å². The number of likely N-dealkylation sites (tertiary alicyclic amines) is 1. The van der Waals surface area contributed by atoms with Crippen molar-refractivity contribution in [1.82, 2.24) is 20.2 Å². The van der Waals surface area contributed by atoms with Gasteiger partial charge in [0.15, 0.2) is 0 Å². The highest BCUT2D eigenvalue weighted by atomic mass is 16.2. The van der Waals surface area contributed by atoms with Crippen molar-refractivity contribution in [1.29, 1.82) is 0 Å². The Labute approximate surface area is 148 Å². The van der Waals surface area contributed by atoms with Crippen molar-refractivity contribution in [2.45, 2.75) is 33.1 Å². The van der Waals surface area contributed by atoms with Gasteiger partial charge in [0.2, 0.25) is 5.91 Å². The predicted octanol–water partition coefficient (Wildman–Crippen LogP) is 0.876.